The Labute approximate surface area is 99.0 Å². The van der Waals surface area contributed by atoms with Crippen LogP contribution in [0.15, 0.2) is 24.3 Å². The summed E-state index contributed by atoms with van der Waals surface area (Å²) < 4.78 is 5.43. The zero-order valence-corrected chi connectivity index (χ0v) is 10.6. The summed E-state index contributed by atoms with van der Waals surface area (Å²) in [6.45, 7) is 8.99. The molecule has 0 aliphatic heterocycles. The van der Waals surface area contributed by atoms with Gasteiger partial charge in [-0.25, -0.2) is 0 Å². The standard InChI is InChI=1S/C14H23NO/c1-4-10-16-11-9-15-13(3)14-7-5-12(2)6-8-14/h5-8,13,15H,4,9-11H2,1-3H3. The quantitative estimate of drug-likeness (QED) is 0.714. The lowest BCUT2D eigenvalue weighted by Gasteiger charge is -2.14. The average Bonchev–Trinajstić information content (AvgIpc) is 2.29. The van der Waals surface area contributed by atoms with Gasteiger partial charge in [0.1, 0.15) is 0 Å². The van der Waals surface area contributed by atoms with E-state index in [2.05, 4.69) is 50.4 Å². The average molecular weight is 221 g/mol. The first-order valence-corrected chi connectivity index (χ1v) is 6.11. The second-order valence-corrected chi connectivity index (χ2v) is 4.20. The molecule has 0 spiro atoms. The molecule has 0 aliphatic rings. The summed E-state index contributed by atoms with van der Waals surface area (Å²) in [5, 5.41) is 3.45. The molecule has 0 saturated heterocycles. The van der Waals surface area contributed by atoms with Gasteiger partial charge in [0.25, 0.3) is 0 Å². The first-order valence-electron chi connectivity index (χ1n) is 6.11. The molecule has 0 aliphatic carbocycles. The molecule has 1 unspecified atom stereocenters. The highest BCUT2D eigenvalue weighted by Gasteiger charge is 2.03. The van der Waals surface area contributed by atoms with Gasteiger partial charge in [0, 0.05) is 19.2 Å². The van der Waals surface area contributed by atoms with E-state index in [1.807, 2.05) is 0 Å². The number of hydrogen-bond acceptors (Lipinski definition) is 2. The number of benzene rings is 1. The van der Waals surface area contributed by atoms with Crippen molar-refractivity contribution in [1.82, 2.24) is 5.32 Å². The number of nitrogens with one attached hydrogen (secondary N) is 1. The third kappa shape index (κ3) is 4.77. The first kappa shape index (κ1) is 13.2. The van der Waals surface area contributed by atoms with Crippen LogP contribution in [0.4, 0.5) is 0 Å². The van der Waals surface area contributed by atoms with Gasteiger partial charge in [0.15, 0.2) is 0 Å². The highest BCUT2D eigenvalue weighted by Crippen LogP contribution is 2.12. The summed E-state index contributed by atoms with van der Waals surface area (Å²) >= 11 is 0. The van der Waals surface area contributed by atoms with Crippen LogP contribution in [0.1, 0.15) is 37.4 Å². The van der Waals surface area contributed by atoms with E-state index in [1.54, 1.807) is 0 Å². The number of rotatable bonds is 7. The molecule has 0 aromatic heterocycles. The topological polar surface area (TPSA) is 21.3 Å². The van der Waals surface area contributed by atoms with Crippen molar-refractivity contribution in [3.8, 4) is 0 Å². The highest BCUT2D eigenvalue weighted by atomic mass is 16.5. The molecule has 1 rings (SSSR count). The van der Waals surface area contributed by atoms with E-state index in [1.165, 1.54) is 11.1 Å². The van der Waals surface area contributed by atoms with Crippen molar-refractivity contribution < 1.29 is 4.74 Å². The minimum Gasteiger partial charge on any atom is -0.380 e. The molecule has 2 nitrogen and oxygen atoms in total. The van der Waals surface area contributed by atoms with Crippen LogP contribution < -0.4 is 5.32 Å². The Balaban J connectivity index is 2.24. The second kappa shape index (κ2) is 7.42. The largest absolute Gasteiger partial charge is 0.380 e. The Morgan fingerprint density at radius 1 is 1.19 bits per heavy atom. The summed E-state index contributed by atoms with van der Waals surface area (Å²) in [6, 6.07) is 9.06. The summed E-state index contributed by atoms with van der Waals surface area (Å²) in [7, 11) is 0. The Kier molecular flexibility index (Phi) is 6.12. The molecule has 0 saturated carbocycles. The SMILES string of the molecule is CCCOCCNC(C)c1ccc(C)cc1. The van der Waals surface area contributed by atoms with Gasteiger partial charge in [-0.1, -0.05) is 36.8 Å². The Bertz CT molecular complexity index is 281. The van der Waals surface area contributed by atoms with Crippen LogP contribution in [-0.4, -0.2) is 19.8 Å². The van der Waals surface area contributed by atoms with Crippen LogP contribution in [0, 0.1) is 6.92 Å². The smallest absolute Gasteiger partial charge is 0.0591 e. The van der Waals surface area contributed by atoms with Crippen molar-refractivity contribution in [1.29, 1.82) is 0 Å². The van der Waals surface area contributed by atoms with Crippen LogP contribution in [0.5, 0.6) is 0 Å². The fourth-order valence-corrected chi connectivity index (χ4v) is 1.57. The van der Waals surface area contributed by atoms with Crippen LogP contribution in [0.25, 0.3) is 0 Å². The van der Waals surface area contributed by atoms with Crippen LogP contribution in [0.3, 0.4) is 0 Å². The molecular formula is C14H23NO. The van der Waals surface area contributed by atoms with Gasteiger partial charge in [-0.05, 0) is 25.8 Å². The van der Waals surface area contributed by atoms with E-state index in [0.29, 0.717) is 6.04 Å². The Morgan fingerprint density at radius 3 is 2.50 bits per heavy atom. The fraction of sp³-hybridized carbons (Fsp3) is 0.571. The molecule has 0 fully saturated rings. The molecule has 1 atom stereocenters. The lowest BCUT2D eigenvalue weighted by atomic mass is 10.1. The van der Waals surface area contributed by atoms with Gasteiger partial charge >= 0.3 is 0 Å². The van der Waals surface area contributed by atoms with Crippen molar-refractivity contribution in [2.75, 3.05) is 19.8 Å². The zero-order chi connectivity index (χ0) is 11.8. The molecular weight excluding hydrogens is 198 g/mol. The summed E-state index contributed by atoms with van der Waals surface area (Å²) in [5.41, 5.74) is 2.64. The van der Waals surface area contributed by atoms with Gasteiger partial charge in [-0.3, -0.25) is 0 Å². The van der Waals surface area contributed by atoms with E-state index in [-0.39, 0.29) is 0 Å². The number of aryl methyl sites for hydroxylation is 1. The summed E-state index contributed by atoms with van der Waals surface area (Å²) in [6.07, 6.45) is 1.09. The lowest BCUT2D eigenvalue weighted by molar-refractivity contribution is 0.135. The van der Waals surface area contributed by atoms with E-state index in [4.69, 9.17) is 4.74 Å². The minimum absolute atomic E-state index is 0.394. The van der Waals surface area contributed by atoms with Crippen LogP contribution in [0.2, 0.25) is 0 Å². The lowest BCUT2D eigenvalue weighted by Crippen LogP contribution is -2.23. The van der Waals surface area contributed by atoms with Gasteiger partial charge in [0.05, 0.1) is 6.61 Å². The fourth-order valence-electron chi connectivity index (χ4n) is 1.57. The molecule has 1 aromatic carbocycles. The van der Waals surface area contributed by atoms with Crippen LogP contribution >= 0.6 is 0 Å². The predicted molar refractivity (Wildman–Crippen MR) is 68.7 cm³/mol. The van der Waals surface area contributed by atoms with Crippen molar-refractivity contribution in [3.05, 3.63) is 35.4 Å². The second-order valence-electron chi connectivity index (χ2n) is 4.20. The zero-order valence-electron chi connectivity index (χ0n) is 10.6. The van der Waals surface area contributed by atoms with Crippen molar-refractivity contribution in [2.24, 2.45) is 0 Å². The Morgan fingerprint density at radius 2 is 1.88 bits per heavy atom. The van der Waals surface area contributed by atoms with Crippen molar-refractivity contribution in [2.45, 2.75) is 33.2 Å². The Hall–Kier alpha value is -0.860. The van der Waals surface area contributed by atoms with E-state index >= 15 is 0 Å². The first-order chi connectivity index (χ1) is 7.74. The molecule has 1 aromatic rings. The van der Waals surface area contributed by atoms with Gasteiger partial charge in [-0.2, -0.15) is 0 Å². The molecule has 90 valence electrons. The van der Waals surface area contributed by atoms with Crippen LogP contribution in [-0.2, 0) is 4.74 Å². The number of ether oxygens (including phenoxy) is 1. The molecule has 2 heteroatoms. The predicted octanol–water partition coefficient (Wildman–Crippen LogP) is 3.07. The highest BCUT2D eigenvalue weighted by molar-refractivity contribution is 5.23. The molecule has 0 amide bonds. The van der Waals surface area contributed by atoms with Crippen molar-refractivity contribution >= 4 is 0 Å². The van der Waals surface area contributed by atoms with E-state index in [9.17, 15) is 0 Å². The monoisotopic (exact) mass is 221 g/mol. The molecule has 0 bridgehead atoms. The molecule has 0 radical (unpaired) electrons. The van der Waals surface area contributed by atoms with Gasteiger partial charge < -0.3 is 10.1 Å². The van der Waals surface area contributed by atoms with E-state index < -0.39 is 0 Å². The third-order valence-corrected chi connectivity index (χ3v) is 2.62. The number of hydrogen-bond donors (Lipinski definition) is 1. The maximum absolute atomic E-state index is 5.43. The van der Waals surface area contributed by atoms with Gasteiger partial charge in [-0.15, -0.1) is 0 Å². The summed E-state index contributed by atoms with van der Waals surface area (Å²) in [5.74, 6) is 0. The minimum atomic E-state index is 0.394. The summed E-state index contributed by atoms with van der Waals surface area (Å²) in [4.78, 5) is 0. The van der Waals surface area contributed by atoms with Crippen molar-refractivity contribution in [3.63, 3.8) is 0 Å². The van der Waals surface area contributed by atoms with Gasteiger partial charge in [0.2, 0.25) is 0 Å². The normalized spacial score (nSPS) is 12.7. The molecule has 1 N–H and O–H groups in total. The maximum Gasteiger partial charge on any atom is 0.0591 e. The molecule has 16 heavy (non-hydrogen) atoms. The van der Waals surface area contributed by atoms with E-state index in [0.717, 1.165) is 26.2 Å². The third-order valence-electron chi connectivity index (χ3n) is 2.62. The maximum atomic E-state index is 5.43. The molecule has 0 heterocycles.